The van der Waals surface area contributed by atoms with E-state index in [4.69, 9.17) is 0 Å². The maximum atomic E-state index is 15.1. The molecule has 0 aliphatic carbocycles. The number of allylic oxidation sites excluding steroid dienone is 1. The first kappa shape index (κ1) is 75.9. The van der Waals surface area contributed by atoms with Gasteiger partial charge in [0.15, 0.2) is 0 Å². The van der Waals surface area contributed by atoms with E-state index in [2.05, 4.69) is 27.8 Å². The van der Waals surface area contributed by atoms with Crippen LogP contribution in [0.15, 0.2) is 12.7 Å². The number of hydrogen-bond acceptors (Lipinski definition) is 12. The van der Waals surface area contributed by atoms with Crippen molar-refractivity contribution in [3.05, 3.63) is 12.7 Å². The van der Waals surface area contributed by atoms with E-state index in [1.807, 2.05) is 55.4 Å². The molecule has 12 atom stereocenters. The Morgan fingerprint density at radius 1 is 0.464 bits per heavy atom. The molecule has 0 spiro atoms. The lowest BCUT2D eigenvalue weighted by atomic mass is 9.91. The molecule has 84 heavy (non-hydrogen) atoms. The van der Waals surface area contributed by atoms with E-state index in [0.29, 0.717) is 0 Å². The number of nitrogens with zero attached hydrogens (tertiary/aromatic N) is 7. The van der Waals surface area contributed by atoms with Crippen molar-refractivity contribution >= 4 is 65.0 Å². The molecule has 5 N–H and O–H groups in total. The average molecular weight is 1190 g/mol. The molecule has 0 aromatic rings. The van der Waals surface area contributed by atoms with E-state index >= 15 is 9.59 Å². The van der Waals surface area contributed by atoms with Crippen molar-refractivity contribution in [2.45, 2.75) is 216 Å². The summed E-state index contributed by atoms with van der Waals surface area (Å²) in [5, 5.41) is 22.9. The summed E-state index contributed by atoms with van der Waals surface area (Å²) in [6.07, 6.45) is 0.892. The molecule has 23 nitrogen and oxygen atoms in total. The van der Waals surface area contributed by atoms with Crippen LogP contribution < -0.4 is 21.3 Å². The standard InChI is InChI=1S/C61H109N11O12/c1-25-27-39(15)51(74)50-55(78)64-42(26-2)57(80)66(18)32-47(73)67(19)43(28-33(3)4)54(77)65-48(37(11)12)60(83)68(20)44(29-34(5)6)53(76)62-40(16)52(75)63-41(17)56(79)69(21)45(30-35(7)8)58(81)70(22)46(31-36(9)10)59(82)71(23)49(38(13)14)61(84)72(50)24/h25,33-46,48-51,74H,1,26-32H2,2-24H3,(H,62,76)(H,63,75)(H,64,78)(H,65,77)/t39-,40+,41-,42+,43+,44+,45?,46?,48+,49+,50+,51-/m1/s1. The van der Waals surface area contributed by atoms with E-state index in [1.165, 1.54) is 87.7 Å². The van der Waals surface area contributed by atoms with Crippen LogP contribution in [0.1, 0.15) is 149 Å². The number of carbonyl (C=O) groups excluding carboxylic acids is 11. The van der Waals surface area contributed by atoms with Gasteiger partial charge in [-0.3, -0.25) is 52.7 Å². The fourth-order valence-corrected chi connectivity index (χ4v) is 10.6. The number of amides is 11. The highest BCUT2D eigenvalue weighted by Gasteiger charge is 2.45. The summed E-state index contributed by atoms with van der Waals surface area (Å²) in [5.74, 6) is -9.81. The molecular formula is C61H109N11O12. The molecule has 0 radical (unpaired) electrons. The van der Waals surface area contributed by atoms with Crippen LogP contribution in [0.4, 0.5) is 0 Å². The van der Waals surface area contributed by atoms with Gasteiger partial charge in [0.25, 0.3) is 0 Å². The number of carbonyl (C=O) groups is 11. The Hall–Kier alpha value is -6.13. The summed E-state index contributed by atoms with van der Waals surface area (Å²) in [4.78, 5) is 168. The second-order valence-electron chi connectivity index (χ2n) is 25.8. The lowest BCUT2D eigenvalue weighted by molar-refractivity contribution is -0.157. The van der Waals surface area contributed by atoms with Crippen molar-refractivity contribution in [2.24, 2.45) is 41.4 Å². The largest absolute Gasteiger partial charge is 0.390 e. The Morgan fingerprint density at radius 2 is 0.869 bits per heavy atom. The average Bonchev–Trinajstić information content (AvgIpc) is 3.52. The molecule has 1 heterocycles. The smallest absolute Gasteiger partial charge is 0.246 e. The van der Waals surface area contributed by atoms with Gasteiger partial charge in [-0.15, -0.1) is 6.58 Å². The third-order valence-corrected chi connectivity index (χ3v) is 15.9. The Balaban J connectivity index is 4.30. The third-order valence-electron chi connectivity index (χ3n) is 15.9. The maximum Gasteiger partial charge on any atom is 0.246 e. The van der Waals surface area contributed by atoms with Crippen molar-refractivity contribution in [3.63, 3.8) is 0 Å². The number of rotatable bonds is 15. The second-order valence-corrected chi connectivity index (χ2v) is 25.8. The molecule has 1 saturated heterocycles. The zero-order valence-electron chi connectivity index (χ0n) is 55.2. The Morgan fingerprint density at radius 3 is 1.31 bits per heavy atom. The fraction of sp³-hybridized carbons (Fsp3) is 0.787. The number of likely N-dealkylation sites (N-methyl/N-ethyl adjacent to an activating group) is 7. The van der Waals surface area contributed by atoms with Crippen LogP contribution in [0.2, 0.25) is 0 Å². The lowest BCUT2D eigenvalue weighted by Crippen LogP contribution is -2.63. The highest BCUT2D eigenvalue weighted by atomic mass is 16.3. The van der Waals surface area contributed by atoms with E-state index in [1.54, 1.807) is 47.6 Å². The quantitative estimate of drug-likeness (QED) is 0.148. The van der Waals surface area contributed by atoms with Crippen LogP contribution in [0.3, 0.4) is 0 Å². The zero-order valence-corrected chi connectivity index (χ0v) is 55.2. The maximum absolute atomic E-state index is 15.1. The topological polar surface area (TPSA) is 279 Å². The van der Waals surface area contributed by atoms with Crippen LogP contribution >= 0.6 is 0 Å². The van der Waals surface area contributed by atoms with Gasteiger partial charge < -0.3 is 60.7 Å². The summed E-state index contributed by atoms with van der Waals surface area (Å²) in [5.41, 5.74) is 0. The number of aliphatic hydroxyl groups excluding tert-OH is 1. The molecule has 1 aliphatic rings. The van der Waals surface area contributed by atoms with E-state index in [0.717, 1.165) is 9.80 Å². The molecule has 0 aromatic heterocycles. The van der Waals surface area contributed by atoms with Crippen molar-refractivity contribution in [3.8, 4) is 0 Å². The van der Waals surface area contributed by atoms with Gasteiger partial charge in [0.05, 0.1) is 12.6 Å². The molecule has 2 unspecified atom stereocenters. The van der Waals surface area contributed by atoms with E-state index in [-0.39, 0.29) is 62.2 Å². The number of aliphatic hydroxyl groups is 1. The van der Waals surface area contributed by atoms with Crippen LogP contribution in [-0.2, 0) is 52.7 Å². The second kappa shape index (κ2) is 34.1. The highest BCUT2D eigenvalue weighted by molar-refractivity contribution is 5.99. The summed E-state index contributed by atoms with van der Waals surface area (Å²) in [6.45, 7) is 31.2. The fourth-order valence-electron chi connectivity index (χ4n) is 10.6. The van der Waals surface area contributed by atoms with Gasteiger partial charge in [0.2, 0.25) is 65.0 Å². The Kier molecular flexibility index (Phi) is 30.8. The molecule has 480 valence electrons. The van der Waals surface area contributed by atoms with E-state index < -0.39 is 156 Å². The first-order valence-electron chi connectivity index (χ1n) is 30.1. The van der Waals surface area contributed by atoms with Gasteiger partial charge in [-0.05, 0) is 93.8 Å². The number of nitrogens with one attached hydrogen (secondary N) is 4. The summed E-state index contributed by atoms with van der Waals surface area (Å²) >= 11 is 0. The Bertz CT molecular complexity index is 2290. The van der Waals surface area contributed by atoms with Crippen LogP contribution in [0, 0.1) is 41.4 Å². The number of hydrogen-bond donors (Lipinski definition) is 5. The molecule has 0 bridgehead atoms. The molecule has 1 fully saturated rings. The van der Waals surface area contributed by atoms with Crippen molar-refractivity contribution < 1.29 is 57.8 Å². The van der Waals surface area contributed by atoms with Crippen molar-refractivity contribution in [1.29, 1.82) is 0 Å². The first-order chi connectivity index (χ1) is 38.7. The summed E-state index contributed by atoms with van der Waals surface area (Å²) in [7, 11) is 9.87. The molecule has 1 rings (SSSR count). The van der Waals surface area contributed by atoms with Gasteiger partial charge in [-0.25, -0.2) is 0 Å². The van der Waals surface area contributed by atoms with E-state index in [9.17, 15) is 48.3 Å². The normalized spacial score (nSPS) is 26.9. The SMILES string of the molecule is C=CC[C@@H](C)[C@@H](O)[C@H]1C(=O)N[C@@H](CC)C(=O)N(C)CC(=O)N(C)[C@@H](CC(C)C)C(=O)N[C@@H](C(C)C)C(=O)N(C)[C@@H](CC(C)C)C(=O)N[C@@H](C)C(=O)N[C@H](C)C(=O)N(C)C(CC(C)C)C(=O)N(C)C(CC(C)C)C(=O)N(C)[C@@H](C(C)C)C(=O)N1C. The predicted octanol–water partition coefficient (Wildman–Crippen LogP) is 2.88. The minimum Gasteiger partial charge on any atom is -0.390 e. The van der Waals surface area contributed by atoms with Gasteiger partial charge in [0.1, 0.15) is 60.4 Å². The minimum absolute atomic E-state index is 0.0170. The summed E-state index contributed by atoms with van der Waals surface area (Å²) < 4.78 is 0. The van der Waals surface area contributed by atoms with Crippen LogP contribution in [-0.4, -0.2) is 227 Å². The highest BCUT2D eigenvalue weighted by Crippen LogP contribution is 2.25. The monoisotopic (exact) mass is 1190 g/mol. The molecular weight excluding hydrogens is 1080 g/mol. The summed E-state index contributed by atoms with van der Waals surface area (Å²) in [6, 6.07) is -12.4. The Labute approximate surface area is 502 Å². The van der Waals surface area contributed by atoms with Gasteiger partial charge in [-0.1, -0.05) is 103 Å². The van der Waals surface area contributed by atoms with Gasteiger partial charge in [0, 0.05) is 49.3 Å². The molecule has 1 aliphatic heterocycles. The predicted molar refractivity (Wildman–Crippen MR) is 324 cm³/mol. The van der Waals surface area contributed by atoms with Crippen molar-refractivity contribution in [2.75, 3.05) is 55.9 Å². The molecule has 0 aromatic carbocycles. The molecule has 11 amide bonds. The minimum atomic E-state index is -1.62. The van der Waals surface area contributed by atoms with Gasteiger partial charge >= 0.3 is 0 Å². The zero-order chi connectivity index (χ0) is 65.3. The lowest BCUT2D eigenvalue weighted by Gasteiger charge is -2.41. The first-order valence-corrected chi connectivity index (χ1v) is 30.1. The van der Waals surface area contributed by atoms with Crippen LogP contribution in [0.25, 0.3) is 0 Å². The van der Waals surface area contributed by atoms with Crippen molar-refractivity contribution in [1.82, 2.24) is 55.6 Å². The van der Waals surface area contributed by atoms with Crippen LogP contribution in [0.5, 0.6) is 0 Å². The molecule has 0 saturated carbocycles. The van der Waals surface area contributed by atoms with Gasteiger partial charge in [-0.2, -0.15) is 0 Å². The third kappa shape index (κ3) is 20.8. The molecule has 23 heteroatoms.